The fourth-order valence-corrected chi connectivity index (χ4v) is 2.10. The van der Waals surface area contributed by atoms with Crippen LogP contribution in [0.25, 0.3) is 0 Å². The number of nitrogens with zero attached hydrogens (tertiary/aromatic N) is 1. The summed E-state index contributed by atoms with van der Waals surface area (Å²) in [5.74, 6) is 0.659. The molecule has 1 aromatic rings. The third kappa shape index (κ3) is 9.43. The molecule has 1 unspecified atom stereocenters. The second-order valence-electron chi connectivity index (χ2n) is 5.16. The van der Waals surface area contributed by atoms with E-state index in [9.17, 15) is 4.79 Å². The van der Waals surface area contributed by atoms with E-state index >= 15 is 0 Å². The average Bonchev–Trinajstić information content (AvgIpc) is 2.57. The quantitative estimate of drug-likeness (QED) is 0.217. The molecule has 1 rings (SSSR count). The maximum Gasteiger partial charge on any atom is 0.305 e. The minimum atomic E-state index is -0.137. The number of benzene rings is 1. The maximum atomic E-state index is 11.0. The summed E-state index contributed by atoms with van der Waals surface area (Å²) in [6.45, 7) is 2.95. The van der Waals surface area contributed by atoms with Crippen LogP contribution in [0.2, 0.25) is 0 Å². The lowest BCUT2D eigenvalue weighted by molar-refractivity contribution is -0.140. The van der Waals surface area contributed by atoms with Crippen LogP contribution in [0.5, 0.6) is 0 Å². The number of carbonyl (C=O) groups excluding carboxylic acids is 1. The number of nitrogens with one attached hydrogen (secondary N) is 2. The Kier molecular flexibility index (Phi) is 12.4. The monoisotopic (exact) mass is 433 g/mol. The normalized spacial score (nSPS) is 12.0. The van der Waals surface area contributed by atoms with Gasteiger partial charge < -0.3 is 15.4 Å². The molecule has 0 saturated carbocycles. The minimum absolute atomic E-state index is 0. The number of methoxy groups -OCH3 is 1. The number of hydrogen-bond donors (Lipinski definition) is 2. The molecule has 0 spiro atoms. The SMILES string of the molecule is CN=C(NCCCCCC(=O)OC)NC(C)c1ccccc1.I. The van der Waals surface area contributed by atoms with Crippen LogP contribution in [0.1, 0.15) is 44.2 Å². The van der Waals surface area contributed by atoms with Crippen molar-refractivity contribution < 1.29 is 9.53 Å². The molecule has 0 radical (unpaired) electrons. The summed E-state index contributed by atoms with van der Waals surface area (Å²) in [5.41, 5.74) is 1.23. The van der Waals surface area contributed by atoms with Gasteiger partial charge in [-0.15, -0.1) is 24.0 Å². The van der Waals surface area contributed by atoms with E-state index in [-0.39, 0.29) is 36.0 Å². The lowest BCUT2D eigenvalue weighted by Crippen LogP contribution is -2.39. The van der Waals surface area contributed by atoms with E-state index in [1.807, 2.05) is 18.2 Å². The van der Waals surface area contributed by atoms with Crippen molar-refractivity contribution in [1.82, 2.24) is 10.6 Å². The number of carbonyl (C=O) groups is 1. The zero-order valence-corrected chi connectivity index (χ0v) is 16.5. The lowest BCUT2D eigenvalue weighted by Gasteiger charge is -2.18. The summed E-state index contributed by atoms with van der Waals surface area (Å²) < 4.78 is 4.61. The molecular weight excluding hydrogens is 405 g/mol. The maximum absolute atomic E-state index is 11.0. The Bertz CT molecular complexity index is 466. The molecule has 0 aliphatic carbocycles. The van der Waals surface area contributed by atoms with Crippen molar-refractivity contribution in [1.29, 1.82) is 0 Å². The summed E-state index contributed by atoms with van der Waals surface area (Å²) in [6, 6.07) is 10.5. The van der Waals surface area contributed by atoms with E-state index in [1.165, 1.54) is 12.7 Å². The highest BCUT2D eigenvalue weighted by Crippen LogP contribution is 2.10. The first-order valence-corrected chi connectivity index (χ1v) is 7.76. The van der Waals surface area contributed by atoms with Gasteiger partial charge in [0.2, 0.25) is 0 Å². The fourth-order valence-electron chi connectivity index (χ4n) is 2.10. The van der Waals surface area contributed by atoms with Crippen molar-refractivity contribution >= 4 is 35.9 Å². The summed E-state index contributed by atoms with van der Waals surface area (Å²) in [7, 11) is 3.19. The van der Waals surface area contributed by atoms with Crippen LogP contribution in [-0.4, -0.2) is 32.6 Å². The van der Waals surface area contributed by atoms with Crippen LogP contribution < -0.4 is 10.6 Å². The molecule has 5 nitrogen and oxygen atoms in total. The zero-order valence-electron chi connectivity index (χ0n) is 14.2. The first-order valence-electron chi connectivity index (χ1n) is 7.76. The second-order valence-corrected chi connectivity index (χ2v) is 5.16. The van der Waals surface area contributed by atoms with E-state index in [0.717, 1.165) is 31.8 Å². The molecule has 23 heavy (non-hydrogen) atoms. The number of esters is 1. The molecule has 0 bridgehead atoms. The average molecular weight is 433 g/mol. The lowest BCUT2D eigenvalue weighted by atomic mass is 10.1. The molecule has 2 N–H and O–H groups in total. The van der Waals surface area contributed by atoms with Gasteiger partial charge in [-0.25, -0.2) is 0 Å². The molecule has 130 valence electrons. The van der Waals surface area contributed by atoms with Gasteiger partial charge in [0.15, 0.2) is 5.96 Å². The van der Waals surface area contributed by atoms with E-state index in [1.54, 1.807) is 7.05 Å². The predicted molar refractivity (Wildman–Crippen MR) is 105 cm³/mol. The minimum Gasteiger partial charge on any atom is -0.469 e. The van der Waals surface area contributed by atoms with E-state index in [4.69, 9.17) is 0 Å². The highest BCUT2D eigenvalue weighted by atomic mass is 127. The Morgan fingerprint density at radius 3 is 2.52 bits per heavy atom. The Labute approximate surface area is 156 Å². The largest absolute Gasteiger partial charge is 0.469 e. The van der Waals surface area contributed by atoms with Crippen molar-refractivity contribution in [2.75, 3.05) is 20.7 Å². The van der Waals surface area contributed by atoms with Crippen molar-refractivity contribution in [2.45, 2.75) is 38.6 Å². The standard InChI is InChI=1S/C17H27N3O2.HI/c1-14(15-10-6-4-7-11-15)20-17(18-2)19-13-9-5-8-12-16(21)22-3;/h4,6-7,10-11,14H,5,8-9,12-13H2,1-3H3,(H2,18,19,20);1H. The molecule has 0 fully saturated rings. The number of aliphatic imine (C=N–C) groups is 1. The van der Waals surface area contributed by atoms with Gasteiger partial charge in [0.05, 0.1) is 13.2 Å². The van der Waals surface area contributed by atoms with E-state index in [0.29, 0.717) is 6.42 Å². The summed E-state index contributed by atoms with van der Waals surface area (Å²) in [6.07, 6.45) is 3.35. The molecule has 6 heteroatoms. The molecule has 1 aromatic carbocycles. The van der Waals surface area contributed by atoms with Gasteiger partial charge in [-0.3, -0.25) is 9.79 Å². The zero-order chi connectivity index (χ0) is 16.2. The van der Waals surface area contributed by atoms with Crippen LogP contribution in [0.15, 0.2) is 35.3 Å². The topological polar surface area (TPSA) is 62.7 Å². The van der Waals surface area contributed by atoms with Crippen LogP contribution in [-0.2, 0) is 9.53 Å². The Hall–Kier alpha value is -1.31. The van der Waals surface area contributed by atoms with Crippen LogP contribution in [0.3, 0.4) is 0 Å². The summed E-state index contributed by atoms with van der Waals surface area (Å²) >= 11 is 0. The van der Waals surface area contributed by atoms with Gasteiger partial charge in [0.25, 0.3) is 0 Å². The van der Waals surface area contributed by atoms with Gasteiger partial charge in [0, 0.05) is 20.0 Å². The van der Waals surface area contributed by atoms with Crippen LogP contribution >= 0.6 is 24.0 Å². The first-order chi connectivity index (χ1) is 10.7. The van der Waals surface area contributed by atoms with Crippen LogP contribution in [0.4, 0.5) is 0 Å². The summed E-state index contributed by atoms with van der Waals surface area (Å²) in [4.78, 5) is 15.2. The molecule has 0 amide bonds. The third-order valence-electron chi connectivity index (χ3n) is 3.45. The van der Waals surface area contributed by atoms with Crippen molar-refractivity contribution in [3.63, 3.8) is 0 Å². The molecule has 0 saturated heterocycles. The second kappa shape index (κ2) is 13.2. The predicted octanol–water partition coefficient (Wildman–Crippen LogP) is 3.26. The third-order valence-corrected chi connectivity index (χ3v) is 3.45. The molecule has 0 aliphatic heterocycles. The Morgan fingerprint density at radius 1 is 1.22 bits per heavy atom. The van der Waals surface area contributed by atoms with Gasteiger partial charge in [0.1, 0.15) is 0 Å². The highest BCUT2D eigenvalue weighted by molar-refractivity contribution is 14.0. The van der Waals surface area contributed by atoms with Crippen LogP contribution in [0, 0.1) is 0 Å². The Morgan fingerprint density at radius 2 is 1.91 bits per heavy atom. The Balaban J connectivity index is 0.00000484. The molecule has 0 aliphatic rings. The molecular formula is C17H28IN3O2. The number of halogens is 1. The number of ether oxygens (including phenoxy) is 1. The van der Waals surface area contributed by atoms with E-state index < -0.39 is 0 Å². The number of rotatable bonds is 8. The molecule has 1 atom stereocenters. The van der Waals surface area contributed by atoms with E-state index in [2.05, 4.69) is 39.4 Å². The van der Waals surface area contributed by atoms with Gasteiger partial charge in [-0.1, -0.05) is 36.8 Å². The van der Waals surface area contributed by atoms with Gasteiger partial charge in [-0.05, 0) is 25.3 Å². The molecule has 0 aromatic heterocycles. The molecule has 0 heterocycles. The highest BCUT2D eigenvalue weighted by Gasteiger charge is 2.06. The van der Waals surface area contributed by atoms with Gasteiger partial charge >= 0.3 is 5.97 Å². The van der Waals surface area contributed by atoms with Crippen molar-refractivity contribution in [3.8, 4) is 0 Å². The number of unbranched alkanes of at least 4 members (excludes halogenated alkanes) is 2. The summed E-state index contributed by atoms with van der Waals surface area (Å²) in [5, 5.41) is 6.66. The number of hydrogen-bond acceptors (Lipinski definition) is 3. The smallest absolute Gasteiger partial charge is 0.305 e. The number of guanidine groups is 1. The van der Waals surface area contributed by atoms with Gasteiger partial charge in [-0.2, -0.15) is 0 Å². The van der Waals surface area contributed by atoms with Crippen molar-refractivity contribution in [2.24, 2.45) is 4.99 Å². The van der Waals surface area contributed by atoms with Crippen molar-refractivity contribution in [3.05, 3.63) is 35.9 Å². The first kappa shape index (κ1) is 21.7. The fraction of sp³-hybridized carbons (Fsp3) is 0.529.